The van der Waals surface area contributed by atoms with Crippen molar-refractivity contribution in [2.45, 2.75) is 6.92 Å². The first-order valence-electron chi connectivity index (χ1n) is 6.76. The average molecular weight is 258 g/mol. The van der Waals surface area contributed by atoms with E-state index in [1.54, 1.807) is 0 Å². The molecule has 2 heteroatoms. The fourth-order valence-corrected chi connectivity index (χ4v) is 2.79. The summed E-state index contributed by atoms with van der Waals surface area (Å²) >= 11 is 0. The van der Waals surface area contributed by atoms with E-state index in [9.17, 15) is 0 Å². The third-order valence-electron chi connectivity index (χ3n) is 3.70. The Hall–Kier alpha value is -2.61. The van der Waals surface area contributed by atoms with E-state index in [-0.39, 0.29) is 0 Å². The highest BCUT2D eigenvalue weighted by Gasteiger charge is 2.09. The monoisotopic (exact) mass is 258 g/mol. The summed E-state index contributed by atoms with van der Waals surface area (Å²) in [5.41, 5.74) is 3.36. The summed E-state index contributed by atoms with van der Waals surface area (Å²) in [7, 11) is 0. The van der Waals surface area contributed by atoms with Crippen molar-refractivity contribution in [3.8, 4) is 5.69 Å². The first-order chi connectivity index (χ1) is 9.83. The Kier molecular flexibility index (Phi) is 2.36. The van der Waals surface area contributed by atoms with Gasteiger partial charge in [-0.25, -0.2) is 4.98 Å². The molecule has 4 aromatic rings. The van der Waals surface area contributed by atoms with Gasteiger partial charge in [-0.15, -0.1) is 0 Å². The molecule has 0 fully saturated rings. The number of imidazole rings is 1. The molecule has 0 unspecified atom stereocenters. The number of aryl methyl sites for hydroxylation is 1. The molecule has 4 rings (SSSR count). The number of hydrogen-bond acceptors (Lipinski definition) is 1. The SMILES string of the molecule is Cc1nc2cc3ccccc3cc2n1-c1ccccc1. The van der Waals surface area contributed by atoms with Crippen molar-refractivity contribution in [2.75, 3.05) is 0 Å². The standard InChI is InChI=1S/C18H14N2/c1-13-19-17-11-14-7-5-6-8-15(14)12-18(17)20(13)16-9-3-2-4-10-16/h2-12H,1H3. The predicted molar refractivity (Wildman–Crippen MR) is 83.3 cm³/mol. The van der Waals surface area contributed by atoms with Gasteiger partial charge in [-0.3, -0.25) is 4.57 Å². The van der Waals surface area contributed by atoms with Gasteiger partial charge < -0.3 is 0 Å². The summed E-state index contributed by atoms with van der Waals surface area (Å²) in [6.07, 6.45) is 0. The lowest BCUT2D eigenvalue weighted by molar-refractivity contribution is 1.00. The molecule has 0 spiro atoms. The molecular weight excluding hydrogens is 244 g/mol. The molecule has 0 N–H and O–H groups in total. The van der Waals surface area contributed by atoms with Crippen molar-refractivity contribution in [3.63, 3.8) is 0 Å². The second kappa shape index (κ2) is 4.20. The number of rotatable bonds is 1. The maximum atomic E-state index is 4.70. The van der Waals surface area contributed by atoms with Crippen molar-refractivity contribution < 1.29 is 0 Å². The van der Waals surface area contributed by atoms with E-state index < -0.39 is 0 Å². The van der Waals surface area contributed by atoms with E-state index in [4.69, 9.17) is 4.98 Å². The van der Waals surface area contributed by atoms with Crippen LogP contribution in [0.15, 0.2) is 66.7 Å². The van der Waals surface area contributed by atoms with E-state index in [2.05, 4.69) is 72.2 Å². The summed E-state index contributed by atoms with van der Waals surface area (Å²) in [5, 5.41) is 2.48. The zero-order valence-electron chi connectivity index (χ0n) is 11.2. The van der Waals surface area contributed by atoms with Gasteiger partial charge in [0.1, 0.15) is 5.82 Å². The number of hydrogen-bond donors (Lipinski definition) is 0. The summed E-state index contributed by atoms with van der Waals surface area (Å²) in [4.78, 5) is 4.70. The van der Waals surface area contributed by atoms with Crippen LogP contribution in [0.2, 0.25) is 0 Å². The number of fused-ring (bicyclic) bond motifs is 2. The summed E-state index contributed by atoms with van der Waals surface area (Å²) < 4.78 is 2.21. The van der Waals surface area contributed by atoms with Gasteiger partial charge in [-0.05, 0) is 42.0 Å². The second-order valence-electron chi connectivity index (χ2n) is 5.02. The summed E-state index contributed by atoms with van der Waals surface area (Å²) in [6, 6.07) is 23.2. The normalized spacial score (nSPS) is 11.2. The van der Waals surface area contributed by atoms with Crippen molar-refractivity contribution in [1.82, 2.24) is 9.55 Å². The fraction of sp³-hybridized carbons (Fsp3) is 0.0556. The lowest BCUT2D eigenvalue weighted by atomic mass is 10.1. The first-order valence-corrected chi connectivity index (χ1v) is 6.76. The molecule has 1 aromatic heterocycles. The minimum Gasteiger partial charge on any atom is -0.297 e. The second-order valence-corrected chi connectivity index (χ2v) is 5.02. The molecule has 0 aliphatic rings. The molecule has 96 valence electrons. The maximum absolute atomic E-state index is 4.70. The van der Waals surface area contributed by atoms with Crippen molar-refractivity contribution >= 4 is 21.8 Å². The Balaban J connectivity index is 2.10. The average Bonchev–Trinajstić information content (AvgIpc) is 2.80. The molecule has 0 amide bonds. The fourth-order valence-electron chi connectivity index (χ4n) is 2.79. The molecule has 1 heterocycles. The topological polar surface area (TPSA) is 17.8 Å². The highest BCUT2D eigenvalue weighted by molar-refractivity contribution is 5.96. The zero-order valence-corrected chi connectivity index (χ0v) is 11.2. The minimum absolute atomic E-state index is 1.02. The molecule has 0 radical (unpaired) electrons. The van der Waals surface area contributed by atoms with Crippen LogP contribution >= 0.6 is 0 Å². The van der Waals surface area contributed by atoms with Crippen LogP contribution in [0.5, 0.6) is 0 Å². The van der Waals surface area contributed by atoms with Crippen LogP contribution in [0.25, 0.3) is 27.5 Å². The number of para-hydroxylation sites is 1. The summed E-state index contributed by atoms with van der Waals surface area (Å²) in [6.45, 7) is 2.05. The van der Waals surface area contributed by atoms with Crippen LogP contribution in [0.4, 0.5) is 0 Å². The van der Waals surface area contributed by atoms with E-state index >= 15 is 0 Å². The van der Waals surface area contributed by atoms with E-state index in [0.717, 1.165) is 22.5 Å². The third kappa shape index (κ3) is 1.62. The number of nitrogens with zero attached hydrogens (tertiary/aromatic N) is 2. The van der Waals surface area contributed by atoms with Gasteiger partial charge in [0, 0.05) is 5.69 Å². The van der Waals surface area contributed by atoms with Crippen molar-refractivity contribution in [1.29, 1.82) is 0 Å². The number of aromatic nitrogens is 2. The lowest BCUT2D eigenvalue weighted by Gasteiger charge is -2.07. The van der Waals surface area contributed by atoms with Gasteiger partial charge in [0.15, 0.2) is 0 Å². The Morgan fingerprint density at radius 2 is 1.45 bits per heavy atom. The molecular formula is C18H14N2. The molecule has 0 saturated carbocycles. The smallest absolute Gasteiger partial charge is 0.111 e. The molecule has 0 aliphatic carbocycles. The largest absolute Gasteiger partial charge is 0.297 e. The van der Waals surface area contributed by atoms with Crippen LogP contribution < -0.4 is 0 Å². The Labute approximate surface area is 117 Å². The highest BCUT2D eigenvalue weighted by atomic mass is 15.1. The molecule has 20 heavy (non-hydrogen) atoms. The first kappa shape index (κ1) is 11.2. The lowest BCUT2D eigenvalue weighted by Crippen LogP contribution is -1.96. The summed E-state index contributed by atoms with van der Waals surface area (Å²) in [5.74, 6) is 1.02. The van der Waals surface area contributed by atoms with E-state index in [0.29, 0.717) is 0 Å². The quantitative estimate of drug-likeness (QED) is 0.492. The van der Waals surface area contributed by atoms with Crippen LogP contribution in [0.1, 0.15) is 5.82 Å². The van der Waals surface area contributed by atoms with Crippen LogP contribution in [-0.2, 0) is 0 Å². The minimum atomic E-state index is 1.02. The zero-order chi connectivity index (χ0) is 13.5. The Bertz CT molecular complexity index is 905. The Morgan fingerprint density at radius 3 is 2.20 bits per heavy atom. The van der Waals surface area contributed by atoms with Gasteiger partial charge in [0.2, 0.25) is 0 Å². The predicted octanol–water partition coefficient (Wildman–Crippen LogP) is 4.49. The molecule has 0 saturated heterocycles. The van der Waals surface area contributed by atoms with Crippen LogP contribution in [-0.4, -0.2) is 9.55 Å². The van der Waals surface area contributed by atoms with Gasteiger partial charge in [-0.1, -0.05) is 42.5 Å². The molecule has 2 nitrogen and oxygen atoms in total. The van der Waals surface area contributed by atoms with Gasteiger partial charge >= 0.3 is 0 Å². The molecule has 3 aromatic carbocycles. The van der Waals surface area contributed by atoms with Gasteiger partial charge in [0.25, 0.3) is 0 Å². The third-order valence-corrected chi connectivity index (χ3v) is 3.70. The van der Waals surface area contributed by atoms with Gasteiger partial charge in [0.05, 0.1) is 11.0 Å². The molecule has 0 bridgehead atoms. The van der Waals surface area contributed by atoms with E-state index in [1.165, 1.54) is 10.8 Å². The van der Waals surface area contributed by atoms with Crippen LogP contribution in [0.3, 0.4) is 0 Å². The number of benzene rings is 3. The van der Waals surface area contributed by atoms with Crippen LogP contribution in [0, 0.1) is 6.92 Å². The Morgan fingerprint density at radius 1 is 0.800 bits per heavy atom. The molecule has 0 atom stereocenters. The maximum Gasteiger partial charge on any atom is 0.111 e. The van der Waals surface area contributed by atoms with E-state index in [1.807, 2.05) is 6.07 Å². The highest BCUT2D eigenvalue weighted by Crippen LogP contribution is 2.26. The van der Waals surface area contributed by atoms with Gasteiger partial charge in [-0.2, -0.15) is 0 Å². The van der Waals surface area contributed by atoms with Crippen molar-refractivity contribution in [3.05, 3.63) is 72.6 Å². The molecule has 0 aliphatic heterocycles. The van der Waals surface area contributed by atoms with Crippen molar-refractivity contribution in [2.24, 2.45) is 0 Å².